The number of hydrogen-bond donors (Lipinski definition) is 1. The normalized spacial score (nSPS) is 11.9. The van der Waals surface area contributed by atoms with Crippen molar-refractivity contribution in [2.24, 2.45) is 0 Å². The molecular weight excluding hydrogens is 184 g/mol. The van der Waals surface area contributed by atoms with Gasteiger partial charge in [0, 0.05) is 19.1 Å². The fraction of sp³-hybridized carbons (Fsp3) is 0.846. The molecule has 0 aliphatic rings. The lowest BCUT2D eigenvalue weighted by atomic mass is 10.1. The van der Waals surface area contributed by atoms with Gasteiger partial charge in [-0.1, -0.05) is 19.4 Å². The number of hydrogen-bond acceptors (Lipinski definition) is 2. The van der Waals surface area contributed by atoms with Gasteiger partial charge in [-0.2, -0.15) is 0 Å². The van der Waals surface area contributed by atoms with Crippen LogP contribution in [0.5, 0.6) is 0 Å². The van der Waals surface area contributed by atoms with Crippen LogP contribution < -0.4 is 5.32 Å². The second-order valence-electron chi connectivity index (χ2n) is 3.93. The van der Waals surface area contributed by atoms with E-state index in [0.717, 1.165) is 19.5 Å². The third kappa shape index (κ3) is 11.6. The molecule has 0 radical (unpaired) electrons. The molecular formula is C13H30N2. The zero-order valence-corrected chi connectivity index (χ0v) is 11.6. The predicted molar refractivity (Wildman–Crippen MR) is 71.4 cm³/mol. The van der Waals surface area contributed by atoms with Gasteiger partial charge in [-0.25, -0.2) is 0 Å². The smallest absolute Gasteiger partial charge is 0.0106 e. The number of rotatable bonds is 7. The summed E-state index contributed by atoms with van der Waals surface area (Å²) < 4.78 is 0. The molecule has 92 valence electrons. The van der Waals surface area contributed by atoms with Crippen molar-refractivity contribution in [2.75, 3.05) is 27.2 Å². The Hall–Kier alpha value is -0.340. The molecule has 0 saturated heterocycles. The molecule has 0 amide bonds. The van der Waals surface area contributed by atoms with Crippen LogP contribution >= 0.6 is 0 Å². The molecule has 0 heterocycles. The van der Waals surface area contributed by atoms with Crippen molar-refractivity contribution >= 4 is 0 Å². The second-order valence-corrected chi connectivity index (χ2v) is 3.93. The van der Waals surface area contributed by atoms with Crippen LogP contribution in [0.4, 0.5) is 0 Å². The quantitative estimate of drug-likeness (QED) is 0.656. The number of allylic oxidation sites excluding steroid dienone is 1. The second kappa shape index (κ2) is 11.7. The van der Waals surface area contributed by atoms with Crippen LogP contribution in [0.25, 0.3) is 0 Å². The summed E-state index contributed by atoms with van der Waals surface area (Å²) >= 11 is 0. The summed E-state index contributed by atoms with van der Waals surface area (Å²) in [5, 5.41) is 3.16. The monoisotopic (exact) mass is 214 g/mol. The van der Waals surface area contributed by atoms with E-state index in [4.69, 9.17) is 0 Å². The summed E-state index contributed by atoms with van der Waals surface area (Å²) in [5.41, 5.74) is 1.29. The zero-order valence-electron chi connectivity index (χ0n) is 11.6. The van der Waals surface area contributed by atoms with Gasteiger partial charge in [-0.15, -0.1) is 6.58 Å². The standard InChI is InChI=1S/C11H24N2.C2H6/c1-10(2)6-7-11(3)13(5)9-8-12-4;1-2/h11-12H,1,6-9H2,2-5H3;1-2H3. The van der Waals surface area contributed by atoms with Crippen molar-refractivity contribution in [1.29, 1.82) is 0 Å². The molecule has 0 aliphatic carbocycles. The van der Waals surface area contributed by atoms with E-state index in [-0.39, 0.29) is 0 Å². The highest BCUT2D eigenvalue weighted by atomic mass is 15.1. The van der Waals surface area contributed by atoms with E-state index < -0.39 is 0 Å². The maximum absolute atomic E-state index is 3.92. The molecule has 0 rings (SSSR count). The molecule has 15 heavy (non-hydrogen) atoms. The van der Waals surface area contributed by atoms with Crippen LogP contribution in [0, 0.1) is 0 Å². The fourth-order valence-electron chi connectivity index (χ4n) is 1.18. The lowest BCUT2D eigenvalue weighted by Gasteiger charge is -2.24. The molecule has 2 heteroatoms. The van der Waals surface area contributed by atoms with Gasteiger partial charge in [0.2, 0.25) is 0 Å². The molecule has 0 aliphatic heterocycles. The van der Waals surface area contributed by atoms with Gasteiger partial charge in [-0.05, 0) is 40.8 Å². The third-order valence-corrected chi connectivity index (χ3v) is 2.46. The van der Waals surface area contributed by atoms with Crippen LogP contribution in [-0.4, -0.2) is 38.1 Å². The maximum atomic E-state index is 3.92. The third-order valence-electron chi connectivity index (χ3n) is 2.46. The average molecular weight is 214 g/mol. The first-order chi connectivity index (χ1) is 7.07. The van der Waals surface area contributed by atoms with Crippen molar-refractivity contribution < 1.29 is 0 Å². The Labute approximate surface area is 96.7 Å². The highest BCUT2D eigenvalue weighted by Crippen LogP contribution is 2.08. The molecule has 0 bridgehead atoms. The van der Waals surface area contributed by atoms with Crippen molar-refractivity contribution in [3.63, 3.8) is 0 Å². The summed E-state index contributed by atoms with van der Waals surface area (Å²) in [6.07, 6.45) is 2.36. The summed E-state index contributed by atoms with van der Waals surface area (Å²) in [7, 11) is 4.17. The minimum atomic E-state index is 0.657. The lowest BCUT2D eigenvalue weighted by molar-refractivity contribution is 0.248. The Morgan fingerprint density at radius 2 is 1.93 bits per heavy atom. The van der Waals surface area contributed by atoms with E-state index in [1.165, 1.54) is 12.0 Å². The molecule has 0 aromatic rings. The van der Waals surface area contributed by atoms with Gasteiger partial charge in [-0.3, -0.25) is 0 Å². The summed E-state index contributed by atoms with van der Waals surface area (Å²) in [6, 6.07) is 0.657. The SMILES string of the molecule is C=C(C)CCC(C)N(C)CCNC.CC. The van der Waals surface area contributed by atoms with Gasteiger partial charge in [0.25, 0.3) is 0 Å². The molecule has 1 atom stereocenters. The van der Waals surface area contributed by atoms with Gasteiger partial charge in [0.1, 0.15) is 0 Å². The van der Waals surface area contributed by atoms with Crippen LogP contribution in [0.1, 0.15) is 40.5 Å². The molecule has 0 aromatic carbocycles. The Morgan fingerprint density at radius 3 is 2.33 bits per heavy atom. The summed E-state index contributed by atoms with van der Waals surface area (Å²) in [6.45, 7) is 14.5. The molecule has 2 nitrogen and oxygen atoms in total. The average Bonchev–Trinajstić information content (AvgIpc) is 2.25. The number of nitrogens with one attached hydrogen (secondary N) is 1. The summed E-state index contributed by atoms with van der Waals surface area (Å²) in [4.78, 5) is 2.39. The van der Waals surface area contributed by atoms with Crippen LogP contribution in [-0.2, 0) is 0 Å². The highest BCUT2D eigenvalue weighted by molar-refractivity contribution is 4.88. The fourth-order valence-corrected chi connectivity index (χ4v) is 1.18. The lowest BCUT2D eigenvalue weighted by Crippen LogP contribution is -2.34. The van der Waals surface area contributed by atoms with Crippen molar-refractivity contribution in [3.05, 3.63) is 12.2 Å². The minimum absolute atomic E-state index is 0.657. The Bertz CT molecular complexity index is 143. The van der Waals surface area contributed by atoms with Crippen LogP contribution in [0.3, 0.4) is 0 Å². The highest BCUT2D eigenvalue weighted by Gasteiger charge is 2.07. The van der Waals surface area contributed by atoms with E-state index in [1.807, 2.05) is 20.9 Å². The molecule has 1 unspecified atom stereocenters. The molecule has 0 fully saturated rings. The zero-order chi connectivity index (χ0) is 12.3. The minimum Gasteiger partial charge on any atom is -0.318 e. The molecule has 0 spiro atoms. The van der Waals surface area contributed by atoms with Crippen molar-refractivity contribution in [3.8, 4) is 0 Å². The summed E-state index contributed by atoms with van der Waals surface area (Å²) in [5.74, 6) is 0. The Balaban J connectivity index is 0. The van der Waals surface area contributed by atoms with Gasteiger partial charge in [0.15, 0.2) is 0 Å². The van der Waals surface area contributed by atoms with E-state index in [2.05, 4.69) is 37.7 Å². The predicted octanol–water partition coefficient (Wildman–Crippen LogP) is 2.91. The van der Waals surface area contributed by atoms with Crippen molar-refractivity contribution in [2.45, 2.75) is 46.6 Å². The molecule has 1 N–H and O–H groups in total. The van der Waals surface area contributed by atoms with Gasteiger partial charge in [0.05, 0.1) is 0 Å². The van der Waals surface area contributed by atoms with E-state index in [1.54, 1.807) is 0 Å². The van der Waals surface area contributed by atoms with Crippen LogP contribution in [0.15, 0.2) is 12.2 Å². The van der Waals surface area contributed by atoms with E-state index in [0.29, 0.717) is 6.04 Å². The van der Waals surface area contributed by atoms with Gasteiger partial charge < -0.3 is 10.2 Å². The Kier molecular flexibility index (Phi) is 13.4. The largest absolute Gasteiger partial charge is 0.318 e. The number of likely N-dealkylation sites (N-methyl/N-ethyl adjacent to an activating group) is 2. The van der Waals surface area contributed by atoms with E-state index in [9.17, 15) is 0 Å². The van der Waals surface area contributed by atoms with E-state index >= 15 is 0 Å². The first-order valence-corrected chi connectivity index (χ1v) is 6.07. The topological polar surface area (TPSA) is 15.3 Å². The van der Waals surface area contributed by atoms with Gasteiger partial charge >= 0.3 is 0 Å². The van der Waals surface area contributed by atoms with Crippen molar-refractivity contribution in [1.82, 2.24) is 10.2 Å². The molecule has 0 saturated carbocycles. The number of nitrogens with zero attached hydrogens (tertiary/aromatic N) is 1. The van der Waals surface area contributed by atoms with Crippen LogP contribution in [0.2, 0.25) is 0 Å². The molecule has 0 aromatic heterocycles. The first kappa shape index (κ1) is 17.1. The maximum Gasteiger partial charge on any atom is 0.0106 e. The Morgan fingerprint density at radius 1 is 1.40 bits per heavy atom. The first-order valence-electron chi connectivity index (χ1n) is 6.07.